The van der Waals surface area contributed by atoms with E-state index < -0.39 is 14.2 Å². The number of aliphatic hydroxyl groups is 1. The molecule has 0 aromatic carbocycles. The highest BCUT2D eigenvalue weighted by Gasteiger charge is 2.33. The molecule has 0 saturated carbocycles. The first kappa shape index (κ1) is 27.4. The average molecular weight is 409 g/mol. The van der Waals surface area contributed by atoms with E-state index in [2.05, 4.69) is 59.2 Å². The van der Waals surface area contributed by atoms with Gasteiger partial charge in [-0.05, 0) is 37.1 Å². The molecule has 0 saturated heterocycles. The Hall–Kier alpha value is -0.563. The molecular formula is C25H48O2Si. The molecule has 0 aliphatic carbocycles. The number of hydrogen-bond acceptors (Lipinski definition) is 2. The lowest BCUT2D eigenvalue weighted by atomic mass is 9.92. The Morgan fingerprint density at radius 3 is 2.11 bits per heavy atom. The molecule has 0 aliphatic heterocycles. The summed E-state index contributed by atoms with van der Waals surface area (Å²) in [5.41, 5.74) is 6.07. The molecule has 0 fully saturated rings. The lowest BCUT2D eigenvalue weighted by Gasteiger charge is -2.31. The molecule has 2 nitrogen and oxygen atoms in total. The highest BCUT2D eigenvalue weighted by molar-refractivity contribution is 6.87. The number of unbranched alkanes of at least 4 members (excludes halogenated alkanes) is 4. The predicted octanol–water partition coefficient (Wildman–Crippen LogP) is 7.28. The molecule has 0 amide bonds. The van der Waals surface area contributed by atoms with Gasteiger partial charge in [-0.2, -0.15) is 0 Å². The highest BCUT2D eigenvalue weighted by Crippen LogP contribution is 2.35. The van der Waals surface area contributed by atoms with Gasteiger partial charge >= 0.3 is 0 Å². The lowest BCUT2D eigenvalue weighted by molar-refractivity contribution is 0.191. The SMILES string of the molecule is CCCCCCC(O)/C(C#C[Si](C)(C)C(C)(C)C)=C(\CCCC)CCCOC. The molecular weight excluding hydrogens is 360 g/mol. The fourth-order valence-electron chi connectivity index (χ4n) is 2.94. The Morgan fingerprint density at radius 2 is 1.57 bits per heavy atom. The quantitative estimate of drug-likeness (QED) is 0.197. The number of allylic oxidation sites excluding steroid dienone is 1. The topological polar surface area (TPSA) is 29.5 Å². The largest absolute Gasteiger partial charge is 0.388 e. The van der Waals surface area contributed by atoms with E-state index >= 15 is 0 Å². The van der Waals surface area contributed by atoms with Crippen LogP contribution in [0.2, 0.25) is 18.1 Å². The van der Waals surface area contributed by atoms with Crippen molar-refractivity contribution in [2.45, 2.75) is 123 Å². The molecule has 0 rings (SSSR count). The van der Waals surface area contributed by atoms with Crippen molar-refractivity contribution in [3.05, 3.63) is 11.1 Å². The van der Waals surface area contributed by atoms with Crippen LogP contribution in [-0.4, -0.2) is 33.0 Å². The average Bonchev–Trinajstić information content (AvgIpc) is 2.61. The van der Waals surface area contributed by atoms with Gasteiger partial charge in [0.15, 0.2) is 0 Å². The van der Waals surface area contributed by atoms with Crippen LogP contribution in [0.1, 0.15) is 98.8 Å². The molecule has 0 aromatic heterocycles. The third kappa shape index (κ3) is 10.8. The van der Waals surface area contributed by atoms with E-state index in [9.17, 15) is 5.11 Å². The van der Waals surface area contributed by atoms with Crippen molar-refractivity contribution in [1.29, 1.82) is 0 Å². The molecule has 1 unspecified atom stereocenters. The van der Waals surface area contributed by atoms with Crippen LogP contribution in [0.4, 0.5) is 0 Å². The standard InChI is InChI=1S/C25H48O2Si/c1-9-11-13-14-18-24(26)23(19-21-28(7,8)25(3,4)5)22(16-12-10-2)17-15-20-27-6/h24,26H,9-18,20H2,1-8H3/b23-22+. The summed E-state index contributed by atoms with van der Waals surface area (Å²) >= 11 is 0. The van der Waals surface area contributed by atoms with Gasteiger partial charge in [0.2, 0.25) is 0 Å². The summed E-state index contributed by atoms with van der Waals surface area (Å²) < 4.78 is 5.27. The van der Waals surface area contributed by atoms with Gasteiger partial charge in [0.1, 0.15) is 8.07 Å². The van der Waals surface area contributed by atoms with Crippen LogP contribution in [0.5, 0.6) is 0 Å². The van der Waals surface area contributed by atoms with Crippen LogP contribution >= 0.6 is 0 Å². The maximum Gasteiger partial charge on any atom is 0.138 e. The number of aliphatic hydroxyl groups excluding tert-OH is 1. The first-order chi connectivity index (χ1) is 13.1. The molecule has 0 radical (unpaired) electrons. The summed E-state index contributed by atoms with van der Waals surface area (Å²) in [5.74, 6) is 3.54. The number of rotatable bonds is 13. The van der Waals surface area contributed by atoms with Crippen molar-refractivity contribution in [1.82, 2.24) is 0 Å². The Balaban J connectivity index is 5.75. The van der Waals surface area contributed by atoms with E-state index in [0.29, 0.717) is 0 Å². The maximum atomic E-state index is 11.1. The van der Waals surface area contributed by atoms with Crippen molar-refractivity contribution >= 4 is 8.07 Å². The third-order valence-electron chi connectivity index (χ3n) is 6.09. The minimum atomic E-state index is -1.70. The van der Waals surface area contributed by atoms with Gasteiger partial charge in [0.25, 0.3) is 0 Å². The highest BCUT2D eigenvalue weighted by atomic mass is 28.3. The molecule has 3 heteroatoms. The molecule has 1 atom stereocenters. The molecule has 1 N–H and O–H groups in total. The minimum absolute atomic E-state index is 0.233. The van der Waals surface area contributed by atoms with Gasteiger partial charge in [-0.1, -0.05) is 91.3 Å². The molecule has 0 bridgehead atoms. The summed E-state index contributed by atoms with van der Waals surface area (Å²) in [6, 6.07) is 0. The van der Waals surface area contributed by atoms with E-state index in [4.69, 9.17) is 4.74 Å². The van der Waals surface area contributed by atoms with Crippen LogP contribution < -0.4 is 0 Å². The fraction of sp³-hybridized carbons (Fsp3) is 0.840. The first-order valence-corrected chi connectivity index (χ1v) is 14.5. The summed E-state index contributed by atoms with van der Waals surface area (Å²) in [7, 11) is 0.0563. The molecule has 0 aliphatic rings. The Morgan fingerprint density at radius 1 is 0.964 bits per heavy atom. The van der Waals surface area contributed by atoms with Crippen molar-refractivity contribution in [3.8, 4) is 11.5 Å². The summed E-state index contributed by atoms with van der Waals surface area (Å²) in [4.78, 5) is 0. The number of methoxy groups -OCH3 is 1. The van der Waals surface area contributed by atoms with Gasteiger partial charge in [0, 0.05) is 19.3 Å². The second kappa shape index (κ2) is 14.4. The van der Waals surface area contributed by atoms with Crippen molar-refractivity contribution in [2.75, 3.05) is 13.7 Å². The number of ether oxygens (including phenoxy) is 1. The second-order valence-electron chi connectivity index (χ2n) is 9.71. The van der Waals surface area contributed by atoms with Crippen LogP contribution in [0.15, 0.2) is 11.1 Å². The maximum absolute atomic E-state index is 11.1. The molecule has 0 spiro atoms. The third-order valence-corrected chi connectivity index (χ3v) is 10.6. The smallest absolute Gasteiger partial charge is 0.138 e. The first-order valence-electron chi connectivity index (χ1n) is 11.5. The molecule has 28 heavy (non-hydrogen) atoms. The van der Waals surface area contributed by atoms with Gasteiger partial charge in [-0.15, -0.1) is 5.54 Å². The minimum Gasteiger partial charge on any atom is -0.388 e. The Kier molecular flexibility index (Phi) is 14.1. The van der Waals surface area contributed by atoms with Gasteiger partial charge in [0.05, 0.1) is 6.10 Å². The van der Waals surface area contributed by atoms with E-state index in [-0.39, 0.29) is 5.04 Å². The molecule has 0 heterocycles. The van der Waals surface area contributed by atoms with Crippen LogP contribution in [0.3, 0.4) is 0 Å². The summed E-state index contributed by atoms with van der Waals surface area (Å²) in [6.45, 7) is 16.8. The normalized spacial score (nSPS) is 14.3. The van der Waals surface area contributed by atoms with Gasteiger partial charge in [-0.3, -0.25) is 0 Å². The van der Waals surface area contributed by atoms with Gasteiger partial charge in [-0.25, -0.2) is 0 Å². The van der Waals surface area contributed by atoms with Crippen LogP contribution in [0.25, 0.3) is 0 Å². The van der Waals surface area contributed by atoms with Crippen LogP contribution in [0, 0.1) is 11.5 Å². The summed E-state index contributed by atoms with van der Waals surface area (Å²) in [6.07, 6.45) is 10.5. The molecule has 0 aromatic rings. The van der Waals surface area contributed by atoms with Gasteiger partial charge < -0.3 is 9.84 Å². The predicted molar refractivity (Wildman–Crippen MR) is 127 cm³/mol. The van der Waals surface area contributed by atoms with E-state index in [0.717, 1.165) is 50.7 Å². The Bertz CT molecular complexity index is 503. The van der Waals surface area contributed by atoms with Crippen molar-refractivity contribution < 1.29 is 9.84 Å². The van der Waals surface area contributed by atoms with E-state index in [1.165, 1.54) is 31.3 Å². The number of hydrogen-bond donors (Lipinski definition) is 1. The summed E-state index contributed by atoms with van der Waals surface area (Å²) in [5, 5.41) is 11.3. The van der Waals surface area contributed by atoms with E-state index in [1.54, 1.807) is 7.11 Å². The Labute approximate surface area is 177 Å². The fourth-order valence-corrected chi connectivity index (χ4v) is 3.76. The van der Waals surface area contributed by atoms with Crippen molar-refractivity contribution in [3.63, 3.8) is 0 Å². The van der Waals surface area contributed by atoms with Crippen molar-refractivity contribution in [2.24, 2.45) is 0 Å². The zero-order valence-corrected chi connectivity index (χ0v) is 21.2. The zero-order valence-electron chi connectivity index (χ0n) is 20.2. The molecule has 164 valence electrons. The monoisotopic (exact) mass is 408 g/mol. The zero-order chi connectivity index (χ0) is 21.6. The lowest BCUT2D eigenvalue weighted by Crippen LogP contribution is -2.35. The second-order valence-corrected chi connectivity index (χ2v) is 14.7. The van der Waals surface area contributed by atoms with Crippen LogP contribution in [-0.2, 0) is 4.74 Å². The van der Waals surface area contributed by atoms with E-state index in [1.807, 2.05) is 0 Å².